The Labute approximate surface area is 132 Å². The van der Waals surface area contributed by atoms with E-state index in [4.69, 9.17) is 5.11 Å². The topological polar surface area (TPSA) is 93.1 Å². The Balaban J connectivity index is 2.40. The summed E-state index contributed by atoms with van der Waals surface area (Å²) in [5.41, 5.74) is -0.921. The molecule has 1 saturated carbocycles. The third kappa shape index (κ3) is 5.81. The summed E-state index contributed by atoms with van der Waals surface area (Å²) in [4.78, 5) is 26.5. The summed E-state index contributed by atoms with van der Waals surface area (Å²) < 4.78 is 0. The fraction of sp³-hybridized carbons (Fsp3) is 0.867. The Bertz CT molecular complexity index is 389. The number of amides is 2. The summed E-state index contributed by atoms with van der Waals surface area (Å²) in [6, 6.07) is 0.126. The molecule has 0 spiro atoms. The van der Waals surface area contributed by atoms with Crippen LogP contribution < -0.4 is 5.32 Å². The molecule has 7 nitrogen and oxygen atoms in total. The zero-order valence-electron chi connectivity index (χ0n) is 14.0. The summed E-state index contributed by atoms with van der Waals surface area (Å²) in [6.07, 6.45) is 1.54. The molecule has 1 aliphatic rings. The molecule has 0 unspecified atom stereocenters. The molecule has 0 bridgehead atoms. The van der Waals surface area contributed by atoms with Gasteiger partial charge in [-0.1, -0.05) is 6.92 Å². The SMILES string of the molecule is CCN(CC(C)(C)O)C(=O)NC1CC(N(CC)CC(=O)O)C1. The number of likely N-dealkylation sites (N-methyl/N-ethyl adjacent to an activating group) is 2. The van der Waals surface area contributed by atoms with Gasteiger partial charge in [0, 0.05) is 18.6 Å². The molecule has 0 saturated heterocycles. The van der Waals surface area contributed by atoms with Crippen LogP contribution in [0.1, 0.15) is 40.5 Å². The molecule has 0 aromatic rings. The van der Waals surface area contributed by atoms with E-state index >= 15 is 0 Å². The van der Waals surface area contributed by atoms with Gasteiger partial charge in [-0.25, -0.2) is 4.79 Å². The van der Waals surface area contributed by atoms with Crippen molar-refractivity contribution in [1.82, 2.24) is 15.1 Å². The third-order valence-corrected chi connectivity index (χ3v) is 3.95. The molecule has 0 heterocycles. The Morgan fingerprint density at radius 2 is 1.82 bits per heavy atom. The molecule has 3 N–H and O–H groups in total. The molecule has 22 heavy (non-hydrogen) atoms. The second-order valence-electron chi connectivity index (χ2n) is 6.56. The van der Waals surface area contributed by atoms with Crippen molar-refractivity contribution in [3.05, 3.63) is 0 Å². The lowest BCUT2D eigenvalue weighted by Gasteiger charge is -2.43. The Kier molecular flexibility index (Phi) is 6.62. The first-order valence-corrected chi connectivity index (χ1v) is 7.90. The van der Waals surface area contributed by atoms with Gasteiger partial charge >= 0.3 is 12.0 Å². The fourth-order valence-corrected chi connectivity index (χ4v) is 2.74. The highest BCUT2D eigenvalue weighted by atomic mass is 16.4. The quantitative estimate of drug-likeness (QED) is 0.614. The van der Waals surface area contributed by atoms with E-state index in [1.807, 2.05) is 18.7 Å². The van der Waals surface area contributed by atoms with Crippen LogP contribution in [0, 0.1) is 0 Å². The summed E-state index contributed by atoms with van der Waals surface area (Å²) in [5.74, 6) is -0.823. The Hall–Kier alpha value is -1.34. The van der Waals surface area contributed by atoms with Crippen LogP contribution in [0.5, 0.6) is 0 Å². The van der Waals surface area contributed by atoms with Crippen LogP contribution in [-0.2, 0) is 4.79 Å². The van der Waals surface area contributed by atoms with E-state index < -0.39 is 11.6 Å². The highest BCUT2D eigenvalue weighted by molar-refractivity contribution is 5.74. The lowest BCUT2D eigenvalue weighted by atomic mass is 9.85. The second kappa shape index (κ2) is 7.78. The number of hydrogen-bond acceptors (Lipinski definition) is 4. The number of nitrogens with zero attached hydrogens (tertiary/aromatic N) is 2. The predicted molar refractivity (Wildman–Crippen MR) is 83.8 cm³/mol. The summed E-state index contributed by atoms with van der Waals surface area (Å²) >= 11 is 0. The monoisotopic (exact) mass is 315 g/mol. The van der Waals surface area contributed by atoms with Gasteiger partial charge < -0.3 is 20.4 Å². The minimum Gasteiger partial charge on any atom is -0.480 e. The molecule has 1 fully saturated rings. The highest BCUT2D eigenvalue weighted by Gasteiger charge is 2.35. The average molecular weight is 315 g/mol. The van der Waals surface area contributed by atoms with Crippen molar-refractivity contribution >= 4 is 12.0 Å². The van der Waals surface area contributed by atoms with E-state index in [1.54, 1.807) is 18.7 Å². The lowest BCUT2D eigenvalue weighted by molar-refractivity contribution is -0.139. The maximum atomic E-state index is 12.2. The van der Waals surface area contributed by atoms with Crippen molar-refractivity contribution in [2.45, 2.75) is 58.2 Å². The van der Waals surface area contributed by atoms with Gasteiger partial charge in [0.1, 0.15) is 0 Å². The van der Waals surface area contributed by atoms with Crippen molar-refractivity contribution < 1.29 is 19.8 Å². The number of hydrogen-bond donors (Lipinski definition) is 3. The van der Waals surface area contributed by atoms with E-state index in [0.29, 0.717) is 13.1 Å². The smallest absolute Gasteiger partial charge is 0.317 e. The molecule has 0 aromatic heterocycles. The number of carbonyl (C=O) groups is 2. The number of aliphatic carboxylic acids is 1. The zero-order chi connectivity index (χ0) is 16.9. The molecular weight excluding hydrogens is 286 g/mol. The molecule has 0 atom stereocenters. The van der Waals surface area contributed by atoms with Crippen LogP contribution in [0.15, 0.2) is 0 Å². The van der Waals surface area contributed by atoms with Crippen molar-refractivity contribution in [3.63, 3.8) is 0 Å². The largest absolute Gasteiger partial charge is 0.480 e. The van der Waals surface area contributed by atoms with Crippen LogP contribution in [0.2, 0.25) is 0 Å². The number of carboxylic acids is 1. The van der Waals surface area contributed by atoms with Gasteiger partial charge in [-0.05, 0) is 40.2 Å². The molecule has 7 heteroatoms. The molecule has 128 valence electrons. The van der Waals surface area contributed by atoms with Gasteiger partial charge in [-0.15, -0.1) is 0 Å². The van der Waals surface area contributed by atoms with Crippen LogP contribution in [0.25, 0.3) is 0 Å². The van der Waals surface area contributed by atoms with Crippen LogP contribution in [0.4, 0.5) is 4.79 Å². The van der Waals surface area contributed by atoms with Crippen molar-refractivity contribution in [1.29, 1.82) is 0 Å². The lowest BCUT2D eigenvalue weighted by Crippen LogP contribution is -2.57. The number of rotatable bonds is 8. The average Bonchev–Trinajstić information content (AvgIpc) is 2.35. The summed E-state index contributed by atoms with van der Waals surface area (Å²) in [7, 11) is 0. The van der Waals surface area contributed by atoms with E-state index in [1.165, 1.54) is 0 Å². The van der Waals surface area contributed by atoms with Crippen LogP contribution in [-0.4, -0.2) is 75.9 Å². The van der Waals surface area contributed by atoms with Gasteiger partial charge in [-0.2, -0.15) is 0 Å². The minimum absolute atomic E-state index is 0.0433. The molecule has 0 aromatic carbocycles. The maximum absolute atomic E-state index is 12.2. The first-order chi connectivity index (χ1) is 10.2. The van der Waals surface area contributed by atoms with E-state index in [-0.39, 0.29) is 31.2 Å². The first kappa shape index (κ1) is 18.7. The molecule has 1 aliphatic carbocycles. The van der Waals surface area contributed by atoms with E-state index in [2.05, 4.69) is 5.32 Å². The molecule has 2 amide bonds. The van der Waals surface area contributed by atoms with Gasteiger partial charge in [0.25, 0.3) is 0 Å². The highest BCUT2D eigenvalue weighted by Crippen LogP contribution is 2.25. The number of carboxylic acid groups (broad SMARTS) is 1. The number of aliphatic hydroxyl groups is 1. The van der Waals surface area contributed by atoms with Gasteiger partial charge in [0.05, 0.1) is 18.7 Å². The minimum atomic E-state index is -0.921. The number of urea groups is 1. The van der Waals surface area contributed by atoms with Gasteiger partial charge in [0.2, 0.25) is 0 Å². The molecular formula is C15H29N3O4. The van der Waals surface area contributed by atoms with Crippen molar-refractivity contribution in [2.24, 2.45) is 0 Å². The first-order valence-electron chi connectivity index (χ1n) is 7.90. The maximum Gasteiger partial charge on any atom is 0.317 e. The predicted octanol–water partition coefficient (Wildman–Crippen LogP) is 0.726. The number of carbonyl (C=O) groups excluding carboxylic acids is 1. The Morgan fingerprint density at radius 1 is 1.23 bits per heavy atom. The molecule has 0 aliphatic heterocycles. The van der Waals surface area contributed by atoms with Crippen molar-refractivity contribution in [3.8, 4) is 0 Å². The van der Waals surface area contributed by atoms with Gasteiger partial charge in [-0.3, -0.25) is 9.69 Å². The van der Waals surface area contributed by atoms with E-state index in [9.17, 15) is 14.7 Å². The third-order valence-electron chi connectivity index (χ3n) is 3.95. The standard InChI is InChI=1S/C15H29N3O4/c1-5-17(9-13(19)20)12-7-11(8-12)16-14(21)18(6-2)10-15(3,4)22/h11-12,22H,5-10H2,1-4H3,(H,16,21)(H,19,20). The molecule has 1 rings (SSSR count). The van der Waals surface area contributed by atoms with Crippen molar-refractivity contribution in [2.75, 3.05) is 26.2 Å². The normalized spacial score (nSPS) is 21.4. The molecule has 0 radical (unpaired) electrons. The van der Waals surface area contributed by atoms with Crippen LogP contribution in [0.3, 0.4) is 0 Å². The Morgan fingerprint density at radius 3 is 2.23 bits per heavy atom. The number of nitrogens with one attached hydrogen (secondary N) is 1. The second-order valence-corrected chi connectivity index (χ2v) is 6.56. The van der Waals surface area contributed by atoms with Crippen LogP contribution >= 0.6 is 0 Å². The van der Waals surface area contributed by atoms with E-state index in [0.717, 1.165) is 12.8 Å². The fourth-order valence-electron chi connectivity index (χ4n) is 2.74. The summed E-state index contributed by atoms with van der Waals surface area (Å²) in [6.45, 7) is 8.72. The zero-order valence-corrected chi connectivity index (χ0v) is 14.0. The summed E-state index contributed by atoms with van der Waals surface area (Å²) in [5, 5.41) is 21.6. The van der Waals surface area contributed by atoms with Gasteiger partial charge in [0.15, 0.2) is 0 Å².